The SMILES string of the molecule is CC(=O)c1ccc(Oc2ccc(Oc3ccc(C(C)=O)cc3N)c(C3C4CC5CC(C4)CC3C5)c2)c(N)c1. The highest BCUT2D eigenvalue weighted by Crippen LogP contribution is 2.61. The molecule has 196 valence electrons. The van der Waals surface area contributed by atoms with E-state index in [4.69, 9.17) is 20.9 Å². The van der Waals surface area contributed by atoms with E-state index in [1.807, 2.05) is 12.1 Å². The molecule has 3 aromatic rings. The highest BCUT2D eigenvalue weighted by Gasteiger charge is 2.49. The van der Waals surface area contributed by atoms with Crippen molar-refractivity contribution in [2.45, 2.75) is 51.9 Å². The summed E-state index contributed by atoms with van der Waals surface area (Å²) < 4.78 is 12.7. The standard InChI is InChI=1S/C32H34N2O4/c1-17(35)21-3-6-30(27(33)14-21)37-25-5-8-29(38-31-7-4-22(18(2)36)15-28(31)34)26(16-25)32-23-10-19-9-20(12-23)13-24(32)11-19/h3-8,14-16,19-20,23-24,32H,9-13,33-34H2,1-2H3. The third-order valence-electron chi connectivity index (χ3n) is 8.85. The minimum atomic E-state index is -0.0375. The molecule has 6 heteroatoms. The lowest BCUT2D eigenvalue weighted by Gasteiger charge is -2.54. The summed E-state index contributed by atoms with van der Waals surface area (Å²) in [5.41, 5.74) is 15.6. The zero-order valence-electron chi connectivity index (χ0n) is 21.9. The summed E-state index contributed by atoms with van der Waals surface area (Å²) in [6.45, 7) is 3.05. The number of hydrogen-bond donors (Lipinski definition) is 2. The Morgan fingerprint density at radius 3 is 1.66 bits per heavy atom. The first kappa shape index (κ1) is 24.5. The van der Waals surface area contributed by atoms with Crippen LogP contribution in [0.15, 0.2) is 54.6 Å². The van der Waals surface area contributed by atoms with Crippen molar-refractivity contribution in [3.05, 3.63) is 71.3 Å². The number of hydrogen-bond acceptors (Lipinski definition) is 6. The van der Waals surface area contributed by atoms with Crippen molar-refractivity contribution < 1.29 is 19.1 Å². The van der Waals surface area contributed by atoms with Crippen molar-refractivity contribution in [2.24, 2.45) is 23.7 Å². The van der Waals surface area contributed by atoms with Gasteiger partial charge in [0.05, 0.1) is 11.4 Å². The summed E-state index contributed by atoms with van der Waals surface area (Å²) in [5.74, 6) is 5.83. The Balaban J connectivity index is 1.36. The van der Waals surface area contributed by atoms with Crippen LogP contribution >= 0.6 is 0 Å². The molecular formula is C32H34N2O4. The van der Waals surface area contributed by atoms with Crippen LogP contribution in [0.4, 0.5) is 11.4 Å². The zero-order chi connectivity index (χ0) is 26.6. The molecule has 4 aliphatic carbocycles. The molecule has 4 fully saturated rings. The van der Waals surface area contributed by atoms with E-state index >= 15 is 0 Å². The fraction of sp³-hybridized carbons (Fsp3) is 0.375. The van der Waals surface area contributed by atoms with Crippen LogP contribution in [0.25, 0.3) is 0 Å². The Labute approximate surface area is 223 Å². The van der Waals surface area contributed by atoms with Crippen molar-refractivity contribution >= 4 is 22.9 Å². The van der Waals surface area contributed by atoms with Gasteiger partial charge in [-0.05, 0) is 130 Å². The number of carbonyl (C=O) groups excluding carboxylic acids is 2. The Morgan fingerprint density at radius 1 is 0.658 bits per heavy atom. The fourth-order valence-electron chi connectivity index (χ4n) is 7.34. The molecule has 0 aliphatic heterocycles. The van der Waals surface area contributed by atoms with Gasteiger partial charge in [-0.25, -0.2) is 0 Å². The molecule has 6 nitrogen and oxygen atoms in total. The van der Waals surface area contributed by atoms with Crippen LogP contribution in [0.3, 0.4) is 0 Å². The van der Waals surface area contributed by atoms with Gasteiger partial charge in [0.2, 0.25) is 0 Å². The Bertz CT molecular complexity index is 1400. The molecule has 0 unspecified atom stereocenters. The number of ether oxygens (including phenoxy) is 2. The van der Waals surface area contributed by atoms with E-state index in [1.165, 1.54) is 46.0 Å². The summed E-state index contributed by atoms with van der Waals surface area (Å²) in [7, 11) is 0. The summed E-state index contributed by atoms with van der Waals surface area (Å²) in [4.78, 5) is 23.5. The van der Waals surface area contributed by atoms with Crippen molar-refractivity contribution in [1.82, 2.24) is 0 Å². The average molecular weight is 511 g/mol. The van der Waals surface area contributed by atoms with Crippen molar-refractivity contribution in [1.29, 1.82) is 0 Å². The maximum absolute atomic E-state index is 11.8. The highest BCUT2D eigenvalue weighted by molar-refractivity contribution is 5.95. The molecule has 4 bridgehead atoms. The maximum atomic E-state index is 11.8. The number of nitrogen functional groups attached to an aromatic ring is 2. The van der Waals surface area contributed by atoms with Crippen LogP contribution in [0, 0.1) is 23.7 Å². The molecule has 0 spiro atoms. The van der Waals surface area contributed by atoms with Crippen LogP contribution < -0.4 is 20.9 Å². The minimum absolute atomic E-state index is 0.0327. The number of nitrogens with two attached hydrogens (primary N) is 2. The third kappa shape index (κ3) is 4.53. The smallest absolute Gasteiger partial charge is 0.159 e. The van der Waals surface area contributed by atoms with Crippen LogP contribution in [-0.4, -0.2) is 11.6 Å². The van der Waals surface area contributed by atoms with E-state index in [0.29, 0.717) is 57.5 Å². The van der Waals surface area contributed by atoms with Gasteiger partial charge in [-0.3, -0.25) is 9.59 Å². The lowest BCUT2D eigenvalue weighted by molar-refractivity contribution is -0.00339. The molecule has 0 amide bonds. The molecular weight excluding hydrogens is 476 g/mol. The lowest BCUT2D eigenvalue weighted by atomic mass is 9.50. The van der Waals surface area contributed by atoms with Gasteiger partial charge in [0, 0.05) is 16.7 Å². The van der Waals surface area contributed by atoms with Gasteiger partial charge < -0.3 is 20.9 Å². The molecule has 7 rings (SSSR count). The third-order valence-corrected chi connectivity index (χ3v) is 8.85. The van der Waals surface area contributed by atoms with Gasteiger partial charge in [0.15, 0.2) is 11.6 Å². The number of rotatable bonds is 7. The van der Waals surface area contributed by atoms with E-state index in [-0.39, 0.29) is 11.6 Å². The van der Waals surface area contributed by atoms with Crippen molar-refractivity contribution in [2.75, 3.05) is 11.5 Å². The molecule has 0 saturated heterocycles. The summed E-state index contributed by atoms with van der Waals surface area (Å²) in [5, 5.41) is 0. The molecule has 0 atom stereocenters. The van der Waals surface area contributed by atoms with Crippen LogP contribution in [0.1, 0.15) is 78.1 Å². The van der Waals surface area contributed by atoms with Gasteiger partial charge in [-0.1, -0.05) is 0 Å². The molecule has 0 radical (unpaired) electrons. The molecule has 4 saturated carbocycles. The Kier molecular flexibility index (Phi) is 6.13. The quantitative estimate of drug-likeness (QED) is 0.254. The number of benzene rings is 3. The topological polar surface area (TPSA) is 105 Å². The second kappa shape index (κ2) is 9.50. The number of ketones is 2. The predicted octanol–water partition coefficient (Wildman–Crippen LogP) is 7.38. The molecule has 0 heterocycles. The summed E-state index contributed by atoms with van der Waals surface area (Å²) >= 11 is 0. The van der Waals surface area contributed by atoms with Gasteiger partial charge in [0.1, 0.15) is 23.0 Å². The Hall–Kier alpha value is -3.80. The molecule has 3 aromatic carbocycles. The van der Waals surface area contributed by atoms with E-state index in [1.54, 1.807) is 36.4 Å². The lowest BCUT2D eigenvalue weighted by Crippen LogP contribution is -2.43. The van der Waals surface area contributed by atoms with Crippen LogP contribution in [-0.2, 0) is 0 Å². The first-order valence-corrected chi connectivity index (χ1v) is 13.6. The number of carbonyl (C=O) groups is 2. The monoisotopic (exact) mass is 510 g/mol. The van der Waals surface area contributed by atoms with Gasteiger partial charge in [0.25, 0.3) is 0 Å². The normalized spacial score (nSPS) is 25.3. The van der Waals surface area contributed by atoms with Crippen molar-refractivity contribution in [3.63, 3.8) is 0 Å². The first-order chi connectivity index (χ1) is 18.2. The van der Waals surface area contributed by atoms with E-state index < -0.39 is 0 Å². The average Bonchev–Trinajstić information content (AvgIpc) is 2.86. The molecule has 4 aliphatic rings. The molecule has 38 heavy (non-hydrogen) atoms. The predicted molar refractivity (Wildman–Crippen MR) is 148 cm³/mol. The highest BCUT2D eigenvalue weighted by atomic mass is 16.5. The largest absolute Gasteiger partial charge is 0.455 e. The van der Waals surface area contributed by atoms with Gasteiger partial charge in [-0.2, -0.15) is 0 Å². The second-order valence-electron chi connectivity index (χ2n) is 11.5. The number of Topliss-reactive ketones (excluding diaryl/α,β-unsaturated/α-hetero) is 2. The van der Waals surface area contributed by atoms with E-state index in [9.17, 15) is 9.59 Å². The van der Waals surface area contributed by atoms with Gasteiger partial charge in [-0.15, -0.1) is 0 Å². The van der Waals surface area contributed by atoms with Gasteiger partial charge >= 0.3 is 0 Å². The first-order valence-electron chi connectivity index (χ1n) is 13.6. The molecule has 4 N–H and O–H groups in total. The number of anilines is 2. The Morgan fingerprint density at radius 2 is 1.16 bits per heavy atom. The minimum Gasteiger partial charge on any atom is -0.455 e. The van der Waals surface area contributed by atoms with E-state index in [2.05, 4.69) is 6.07 Å². The fourth-order valence-corrected chi connectivity index (χ4v) is 7.34. The second-order valence-corrected chi connectivity index (χ2v) is 11.5. The van der Waals surface area contributed by atoms with Crippen LogP contribution in [0.2, 0.25) is 0 Å². The summed E-state index contributed by atoms with van der Waals surface area (Å²) in [6.07, 6.45) is 6.49. The molecule has 0 aromatic heterocycles. The van der Waals surface area contributed by atoms with E-state index in [0.717, 1.165) is 23.1 Å². The van der Waals surface area contributed by atoms with Crippen LogP contribution in [0.5, 0.6) is 23.0 Å². The zero-order valence-corrected chi connectivity index (χ0v) is 21.9. The maximum Gasteiger partial charge on any atom is 0.159 e. The van der Waals surface area contributed by atoms with Crippen molar-refractivity contribution in [3.8, 4) is 23.0 Å². The summed E-state index contributed by atoms with van der Waals surface area (Å²) in [6, 6.07) is 16.3.